The average Bonchev–Trinajstić information content (AvgIpc) is 2.47. The molecule has 0 radical (unpaired) electrons. The van der Waals surface area contributed by atoms with Crippen molar-refractivity contribution in [2.45, 2.75) is 65.6 Å². The van der Waals surface area contributed by atoms with Gasteiger partial charge in [0.25, 0.3) is 0 Å². The Hall–Kier alpha value is -0.860. The Morgan fingerprint density at radius 3 is 2.10 bits per heavy atom. The summed E-state index contributed by atoms with van der Waals surface area (Å²) in [5, 5.41) is 3.72. The molecule has 0 aromatic heterocycles. The lowest BCUT2D eigenvalue weighted by Crippen LogP contribution is -2.54. The summed E-state index contributed by atoms with van der Waals surface area (Å²) >= 11 is 0. The molecule has 0 spiro atoms. The van der Waals surface area contributed by atoms with Gasteiger partial charge in [0.2, 0.25) is 0 Å². The maximum Gasteiger partial charge on any atom is 0.0480 e. The Morgan fingerprint density at radius 2 is 1.67 bits per heavy atom. The molecule has 0 aliphatic rings. The van der Waals surface area contributed by atoms with Crippen molar-refractivity contribution < 1.29 is 0 Å². The highest BCUT2D eigenvalue weighted by atomic mass is 15.2. The molecule has 21 heavy (non-hydrogen) atoms. The number of hydrogen-bond donors (Lipinski definition) is 1. The molecule has 1 N–H and O–H groups in total. The zero-order chi connectivity index (χ0) is 16.0. The van der Waals surface area contributed by atoms with E-state index >= 15 is 0 Å². The van der Waals surface area contributed by atoms with E-state index in [0.29, 0.717) is 18.0 Å². The van der Waals surface area contributed by atoms with E-state index in [9.17, 15) is 0 Å². The highest BCUT2D eigenvalue weighted by Crippen LogP contribution is 2.31. The van der Waals surface area contributed by atoms with E-state index in [1.165, 1.54) is 5.56 Å². The molecule has 1 aromatic rings. The summed E-state index contributed by atoms with van der Waals surface area (Å²) in [4.78, 5) is 2.57. The molecule has 1 rings (SSSR count). The van der Waals surface area contributed by atoms with Crippen LogP contribution in [0.15, 0.2) is 30.3 Å². The topological polar surface area (TPSA) is 15.3 Å². The first-order valence-electron chi connectivity index (χ1n) is 8.36. The first-order valence-corrected chi connectivity index (χ1v) is 8.36. The van der Waals surface area contributed by atoms with Gasteiger partial charge in [-0.2, -0.15) is 0 Å². The van der Waals surface area contributed by atoms with Gasteiger partial charge in [-0.3, -0.25) is 4.90 Å². The summed E-state index contributed by atoms with van der Waals surface area (Å²) in [7, 11) is 2.28. The molecule has 2 heteroatoms. The average molecular weight is 290 g/mol. The van der Waals surface area contributed by atoms with Crippen molar-refractivity contribution in [3.63, 3.8) is 0 Å². The van der Waals surface area contributed by atoms with Crippen LogP contribution in [0.5, 0.6) is 0 Å². The molecule has 2 unspecified atom stereocenters. The Bertz CT molecular complexity index is 397. The normalized spacial score (nSPS) is 15.5. The van der Waals surface area contributed by atoms with Crippen LogP contribution in [0, 0.1) is 5.92 Å². The predicted octanol–water partition coefficient (Wildman–Crippen LogP) is 4.48. The standard InChI is InChI=1S/C19H34N2/c1-8-19(5,6)21(7)18(15(3)4)17(20-9-2)16-13-11-10-12-14-16/h10-15,17-18,20H,8-9H2,1-7H3. The number of hydrogen-bond acceptors (Lipinski definition) is 2. The van der Waals surface area contributed by atoms with E-state index < -0.39 is 0 Å². The molecule has 0 saturated heterocycles. The monoisotopic (exact) mass is 290 g/mol. The van der Waals surface area contributed by atoms with Gasteiger partial charge in [0.1, 0.15) is 0 Å². The lowest BCUT2D eigenvalue weighted by atomic mass is 9.86. The first-order chi connectivity index (χ1) is 9.85. The second kappa shape index (κ2) is 7.95. The smallest absolute Gasteiger partial charge is 0.0480 e. The Balaban J connectivity index is 3.16. The number of benzene rings is 1. The highest BCUT2D eigenvalue weighted by molar-refractivity contribution is 5.21. The Morgan fingerprint density at radius 1 is 1.10 bits per heavy atom. The van der Waals surface area contributed by atoms with E-state index in [1.807, 2.05) is 0 Å². The van der Waals surface area contributed by atoms with Gasteiger partial charge < -0.3 is 5.32 Å². The zero-order valence-electron chi connectivity index (χ0n) is 15.0. The quantitative estimate of drug-likeness (QED) is 0.759. The van der Waals surface area contributed by atoms with E-state index in [2.05, 4.69) is 89.1 Å². The zero-order valence-corrected chi connectivity index (χ0v) is 15.0. The summed E-state index contributed by atoms with van der Waals surface area (Å²) < 4.78 is 0. The van der Waals surface area contributed by atoms with E-state index in [4.69, 9.17) is 0 Å². The molecular weight excluding hydrogens is 256 g/mol. The molecule has 2 atom stereocenters. The lowest BCUT2D eigenvalue weighted by Gasteiger charge is -2.46. The second-order valence-corrected chi connectivity index (χ2v) is 6.96. The molecule has 0 aliphatic heterocycles. The van der Waals surface area contributed by atoms with Gasteiger partial charge in [0, 0.05) is 17.6 Å². The van der Waals surface area contributed by atoms with Crippen molar-refractivity contribution in [3.8, 4) is 0 Å². The van der Waals surface area contributed by atoms with Crippen molar-refractivity contribution in [1.82, 2.24) is 10.2 Å². The number of nitrogens with one attached hydrogen (secondary N) is 1. The van der Waals surface area contributed by atoms with Crippen LogP contribution in [0.4, 0.5) is 0 Å². The summed E-state index contributed by atoms with van der Waals surface area (Å²) in [6.07, 6.45) is 1.15. The fourth-order valence-corrected chi connectivity index (χ4v) is 3.02. The molecule has 0 saturated carbocycles. The molecule has 0 fully saturated rings. The fraction of sp³-hybridized carbons (Fsp3) is 0.684. The first kappa shape index (κ1) is 18.2. The summed E-state index contributed by atoms with van der Waals surface area (Å²) in [5.41, 5.74) is 1.59. The van der Waals surface area contributed by atoms with Crippen LogP contribution in [-0.4, -0.2) is 30.1 Å². The third kappa shape index (κ3) is 4.55. The minimum atomic E-state index is 0.206. The number of likely N-dealkylation sites (N-methyl/N-ethyl adjacent to an activating group) is 2. The van der Waals surface area contributed by atoms with Crippen molar-refractivity contribution in [1.29, 1.82) is 0 Å². The lowest BCUT2D eigenvalue weighted by molar-refractivity contribution is 0.0478. The van der Waals surface area contributed by atoms with Crippen molar-refractivity contribution in [2.75, 3.05) is 13.6 Å². The summed E-state index contributed by atoms with van der Waals surface area (Å²) in [6.45, 7) is 14.8. The molecule has 1 aromatic carbocycles. The van der Waals surface area contributed by atoms with Gasteiger partial charge in [0.15, 0.2) is 0 Å². The van der Waals surface area contributed by atoms with Gasteiger partial charge in [0.05, 0.1) is 0 Å². The maximum absolute atomic E-state index is 3.72. The summed E-state index contributed by atoms with van der Waals surface area (Å²) in [6, 6.07) is 11.7. The SMILES string of the molecule is CCNC(c1ccccc1)C(C(C)C)N(C)C(C)(C)CC. The fourth-order valence-electron chi connectivity index (χ4n) is 3.02. The van der Waals surface area contributed by atoms with Gasteiger partial charge >= 0.3 is 0 Å². The Kier molecular flexibility index (Phi) is 6.89. The molecule has 0 heterocycles. The second-order valence-electron chi connectivity index (χ2n) is 6.96. The van der Waals surface area contributed by atoms with Gasteiger partial charge in [-0.05, 0) is 45.3 Å². The van der Waals surface area contributed by atoms with Crippen LogP contribution in [0.1, 0.15) is 59.6 Å². The molecule has 0 bridgehead atoms. The Labute approximate surface area is 131 Å². The maximum atomic E-state index is 3.72. The van der Waals surface area contributed by atoms with Crippen LogP contribution in [0.3, 0.4) is 0 Å². The van der Waals surface area contributed by atoms with Crippen molar-refractivity contribution in [2.24, 2.45) is 5.92 Å². The van der Waals surface area contributed by atoms with Gasteiger partial charge in [-0.15, -0.1) is 0 Å². The molecule has 0 aliphatic carbocycles. The van der Waals surface area contributed by atoms with E-state index in [1.54, 1.807) is 0 Å². The third-order valence-electron chi connectivity index (χ3n) is 4.87. The molecule has 120 valence electrons. The van der Waals surface area contributed by atoms with Crippen LogP contribution >= 0.6 is 0 Å². The number of nitrogens with zero attached hydrogens (tertiary/aromatic N) is 1. The molecule has 0 amide bonds. The largest absolute Gasteiger partial charge is 0.309 e. The third-order valence-corrected chi connectivity index (χ3v) is 4.87. The number of rotatable bonds is 8. The predicted molar refractivity (Wildman–Crippen MR) is 93.6 cm³/mol. The molecular formula is C19H34N2. The van der Waals surface area contributed by atoms with Gasteiger partial charge in [-0.25, -0.2) is 0 Å². The van der Waals surface area contributed by atoms with E-state index in [0.717, 1.165) is 13.0 Å². The van der Waals surface area contributed by atoms with Crippen LogP contribution in [0.25, 0.3) is 0 Å². The van der Waals surface area contributed by atoms with Crippen LogP contribution in [0.2, 0.25) is 0 Å². The summed E-state index contributed by atoms with van der Waals surface area (Å²) in [5.74, 6) is 0.588. The van der Waals surface area contributed by atoms with Crippen LogP contribution in [-0.2, 0) is 0 Å². The van der Waals surface area contributed by atoms with Crippen molar-refractivity contribution >= 4 is 0 Å². The van der Waals surface area contributed by atoms with Crippen molar-refractivity contribution in [3.05, 3.63) is 35.9 Å². The molecule has 2 nitrogen and oxygen atoms in total. The van der Waals surface area contributed by atoms with Gasteiger partial charge in [-0.1, -0.05) is 58.0 Å². The highest BCUT2D eigenvalue weighted by Gasteiger charge is 2.35. The van der Waals surface area contributed by atoms with Crippen LogP contribution < -0.4 is 5.32 Å². The van der Waals surface area contributed by atoms with E-state index in [-0.39, 0.29) is 5.54 Å². The minimum Gasteiger partial charge on any atom is -0.309 e. The minimum absolute atomic E-state index is 0.206.